The highest BCUT2D eigenvalue weighted by Crippen LogP contribution is 2.31. The average Bonchev–Trinajstić information content (AvgIpc) is 2.35. The topological polar surface area (TPSA) is 85.1 Å². The summed E-state index contributed by atoms with van der Waals surface area (Å²) in [6.45, 7) is 2.53. The molecular formula is C11H16F3N5O. The van der Waals surface area contributed by atoms with Crippen molar-refractivity contribution in [2.24, 2.45) is 5.84 Å². The third-order valence-electron chi connectivity index (χ3n) is 2.99. The Morgan fingerprint density at radius 2 is 2.10 bits per heavy atom. The summed E-state index contributed by atoms with van der Waals surface area (Å²) < 4.78 is 43.4. The maximum Gasteiger partial charge on any atom is 0.433 e. The molecule has 0 spiro atoms. The first-order valence-corrected chi connectivity index (χ1v) is 6.23. The van der Waals surface area contributed by atoms with Gasteiger partial charge in [-0.2, -0.15) is 18.2 Å². The van der Waals surface area contributed by atoms with Gasteiger partial charge in [-0.25, -0.2) is 10.8 Å². The zero-order chi connectivity index (χ0) is 14.8. The van der Waals surface area contributed by atoms with E-state index in [9.17, 15) is 13.2 Å². The van der Waals surface area contributed by atoms with Gasteiger partial charge >= 0.3 is 6.18 Å². The number of nitrogens with zero attached hydrogens (tertiary/aromatic N) is 2. The number of aromatic nitrogens is 2. The molecule has 1 aliphatic carbocycles. The van der Waals surface area contributed by atoms with Crippen LogP contribution in [0.15, 0.2) is 6.07 Å². The van der Waals surface area contributed by atoms with Gasteiger partial charge in [0.15, 0.2) is 5.69 Å². The van der Waals surface area contributed by atoms with E-state index in [2.05, 4.69) is 15.3 Å². The van der Waals surface area contributed by atoms with Crippen LogP contribution in [0.2, 0.25) is 0 Å². The van der Waals surface area contributed by atoms with Crippen molar-refractivity contribution in [1.29, 1.82) is 0 Å². The zero-order valence-corrected chi connectivity index (χ0v) is 10.9. The number of nitrogens with one attached hydrogen (secondary N) is 2. The van der Waals surface area contributed by atoms with E-state index in [4.69, 9.17) is 10.6 Å². The smallest absolute Gasteiger partial charge is 0.378 e. The van der Waals surface area contributed by atoms with Gasteiger partial charge in [0.05, 0.1) is 6.10 Å². The van der Waals surface area contributed by atoms with E-state index in [0.29, 0.717) is 6.61 Å². The van der Waals surface area contributed by atoms with Crippen molar-refractivity contribution in [2.45, 2.75) is 38.1 Å². The van der Waals surface area contributed by atoms with Gasteiger partial charge in [-0.3, -0.25) is 5.43 Å². The van der Waals surface area contributed by atoms with Crippen LogP contribution in [0.4, 0.5) is 24.9 Å². The SMILES string of the molecule is CCOC1CC(Nc2cc(C(F)(F)F)nc(NN)n2)C1. The van der Waals surface area contributed by atoms with Crippen molar-refractivity contribution < 1.29 is 17.9 Å². The van der Waals surface area contributed by atoms with E-state index in [0.717, 1.165) is 18.9 Å². The number of anilines is 2. The lowest BCUT2D eigenvalue weighted by molar-refractivity contribution is -0.141. The van der Waals surface area contributed by atoms with E-state index < -0.39 is 11.9 Å². The second kappa shape index (κ2) is 5.80. The Bertz CT molecular complexity index is 462. The van der Waals surface area contributed by atoms with Gasteiger partial charge in [-0.05, 0) is 19.8 Å². The van der Waals surface area contributed by atoms with Crippen LogP contribution in [0.25, 0.3) is 0 Å². The lowest BCUT2D eigenvalue weighted by Gasteiger charge is -2.35. The van der Waals surface area contributed by atoms with Crippen LogP contribution in [0.1, 0.15) is 25.5 Å². The molecule has 1 heterocycles. The molecule has 4 N–H and O–H groups in total. The maximum absolute atomic E-state index is 12.7. The molecular weight excluding hydrogens is 275 g/mol. The summed E-state index contributed by atoms with van der Waals surface area (Å²) in [5.41, 5.74) is 0.993. The van der Waals surface area contributed by atoms with Gasteiger partial charge in [-0.15, -0.1) is 0 Å². The number of nitrogens with two attached hydrogens (primary N) is 1. The molecule has 0 saturated heterocycles. The fourth-order valence-electron chi connectivity index (χ4n) is 2.00. The number of rotatable bonds is 5. The molecule has 1 fully saturated rings. The molecule has 9 heteroatoms. The summed E-state index contributed by atoms with van der Waals surface area (Å²) in [7, 11) is 0. The molecule has 1 aliphatic rings. The van der Waals surface area contributed by atoms with Crippen LogP contribution in [-0.4, -0.2) is 28.7 Å². The van der Waals surface area contributed by atoms with Crippen molar-refractivity contribution in [1.82, 2.24) is 9.97 Å². The average molecular weight is 291 g/mol. The van der Waals surface area contributed by atoms with Crippen LogP contribution in [0.5, 0.6) is 0 Å². The molecule has 1 aromatic heterocycles. The second-order valence-corrected chi connectivity index (χ2v) is 4.49. The lowest BCUT2D eigenvalue weighted by Crippen LogP contribution is -2.41. The Morgan fingerprint density at radius 3 is 2.65 bits per heavy atom. The molecule has 112 valence electrons. The predicted molar refractivity (Wildman–Crippen MR) is 66.9 cm³/mol. The van der Waals surface area contributed by atoms with E-state index in [1.54, 1.807) is 0 Å². The normalized spacial score (nSPS) is 22.2. The summed E-state index contributed by atoms with van der Waals surface area (Å²) in [5.74, 6) is 4.90. The van der Waals surface area contributed by atoms with E-state index >= 15 is 0 Å². The number of nitrogen functional groups attached to an aromatic ring is 1. The number of hydrogen-bond donors (Lipinski definition) is 3. The molecule has 0 aromatic carbocycles. The summed E-state index contributed by atoms with van der Waals surface area (Å²) >= 11 is 0. The number of hydrogen-bond acceptors (Lipinski definition) is 6. The van der Waals surface area contributed by atoms with Crippen LogP contribution < -0.4 is 16.6 Å². The van der Waals surface area contributed by atoms with Crippen molar-refractivity contribution in [2.75, 3.05) is 17.3 Å². The monoisotopic (exact) mass is 291 g/mol. The molecule has 0 radical (unpaired) electrons. The Morgan fingerprint density at radius 1 is 1.40 bits per heavy atom. The van der Waals surface area contributed by atoms with E-state index in [-0.39, 0.29) is 23.9 Å². The molecule has 1 aromatic rings. The Labute approximate surface area is 113 Å². The first kappa shape index (κ1) is 14.8. The Balaban J connectivity index is 2.05. The summed E-state index contributed by atoms with van der Waals surface area (Å²) in [6.07, 6.45) is -2.90. The first-order chi connectivity index (χ1) is 9.42. The highest BCUT2D eigenvalue weighted by molar-refractivity contribution is 5.43. The number of alkyl halides is 3. The molecule has 0 unspecified atom stereocenters. The van der Waals surface area contributed by atoms with E-state index in [1.165, 1.54) is 0 Å². The van der Waals surface area contributed by atoms with Crippen molar-refractivity contribution in [3.05, 3.63) is 11.8 Å². The first-order valence-electron chi connectivity index (χ1n) is 6.23. The third kappa shape index (κ3) is 3.48. The predicted octanol–water partition coefficient (Wildman–Crippen LogP) is 1.76. The number of ether oxygens (including phenoxy) is 1. The largest absolute Gasteiger partial charge is 0.433 e. The van der Waals surface area contributed by atoms with Gasteiger partial charge < -0.3 is 10.1 Å². The van der Waals surface area contributed by atoms with Crippen LogP contribution in [-0.2, 0) is 10.9 Å². The van der Waals surface area contributed by atoms with Crippen molar-refractivity contribution in [3.8, 4) is 0 Å². The highest BCUT2D eigenvalue weighted by atomic mass is 19.4. The summed E-state index contributed by atoms with van der Waals surface area (Å²) in [6, 6.07) is 0.919. The molecule has 0 aliphatic heterocycles. The molecule has 20 heavy (non-hydrogen) atoms. The second-order valence-electron chi connectivity index (χ2n) is 4.49. The molecule has 2 rings (SSSR count). The zero-order valence-electron chi connectivity index (χ0n) is 10.9. The van der Waals surface area contributed by atoms with E-state index in [1.807, 2.05) is 12.3 Å². The van der Waals surface area contributed by atoms with Gasteiger partial charge in [-0.1, -0.05) is 0 Å². The van der Waals surface area contributed by atoms with Gasteiger partial charge in [0.1, 0.15) is 5.82 Å². The molecule has 0 amide bonds. The van der Waals surface area contributed by atoms with Gasteiger partial charge in [0.25, 0.3) is 0 Å². The number of hydrazine groups is 1. The minimum atomic E-state index is -4.54. The fourth-order valence-corrected chi connectivity index (χ4v) is 2.00. The highest BCUT2D eigenvalue weighted by Gasteiger charge is 2.35. The van der Waals surface area contributed by atoms with Crippen LogP contribution in [0, 0.1) is 0 Å². The van der Waals surface area contributed by atoms with Crippen molar-refractivity contribution in [3.63, 3.8) is 0 Å². The minimum absolute atomic E-state index is 0.0492. The summed E-state index contributed by atoms with van der Waals surface area (Å²) in [4.78, 5) is 7.14. The maximum atomic E-state index is 12.7. The summed E-state index contributed by atoms with van der Waals surface area (Å²) in [5, 5.41) is 2.93. The molecule has 6 nitrogen and oxygen atoms in total. The lowest BCUT2D eigenvalue weighted by atomic mass is 9.89. The fraction of sp³-hybridized carbons (Fsp3) is 0.636. The third-order valence-corrected chi connectivity index (χ3v) is 2.99. The molecule has 1 saturated carbocycles. The Hall–Kier alpha value is -1.61. The van der Waals surface area contributed by atoms with Crippen LogP contribution >= 0.6 is 0 Å². The van der Waals surface area contributed by atoms with Crippen LogP contribution in [0.3, 0.4) is 0 Å². The molecule has 0 atom stereocenters. The minimum Gasteiger partial charge on any atom is -0.378 e. The quantitative estimate of drug-likeness (QED) is 0.566. The van der Waals surface area contributed by atoms with Crippen molar-refractivity contribution >= 4 is 11.8 Å². The molecule has 0 bridgehead atoms. The standard InChI is InChI=1S/C11H16F3N5O/c1-2-20-7-3-6(4-7)16-9-5-8(11(12,13)14)17-10(18-9)19-15/h5-7H,2-4,15H2,1H3,(H2,16,17,18,19). The van der Waals surface area contributed by atoms with Gasteiger partial charge in [0.2, 0.25) is 5.95 Å². The van der Waals surface area contributed by atoms with Gasteiger partial charge in [0, 0.05) is 18.7 Å². The Kier molecular flexibility index (Phi) is 4.29. The number of halogens is 3.